The van der Waals surface area contributed by atoms with Crippen LogP contribution in [0.1, 0.15) is 47.0 Å². The van der Waals surface area contributed by atoms with Crippen LogP contribution < -0.4 is 0 Å². The molecule has 39 heavy (non-hydrogen) atoms. The van der Waals surface area contributed by atoms with E-state index in [-0.39, 0.29) is 42.4 Å². The van der Waals surface area contributed by atoms with E-state index >= 15 is 0 Å². The summed E-state index contributed by atoms with van der Waals surface area (Å²) >= 11 is 0. The van der Waals surface area contributed by atoms with Gasteiger partial charge in [-0.2, -0.15) is 0 Å². The topological polar surface area (TPSA) is 134 Å². The largest absolute Gasteiger partial charge is 0.493 e. The van der Waals surface area contributed by atoms with E-state index < -0.39 is 11.8 Å². The van der Waals surface area contributed by atoms with Crippen molar-refractivity contribution in [2.24, 2.45) is 32.3 Å². The van der Waals surface area contributed by atoms with Crippen molar-refractivity contribution in [2.45, 2.75) is 60.0 Å². The standard InChI is InChI=1S/C29H34N6O4/c1-18(2)16-34-22-12-7-5-10-20(22)26(28(34)38)32-30-24(36)14-9-15-25(37)31-33-27-21-11-6-8-13-23(21)35(29(27)39)17-19(3)4/h5-8,10-13,18-19,38-39H,9,14-17H2,1-4H3. The lowest BCUT2D eigenvalue weighted by molar-refractivity contribution is -0.119. The molecular formula is C29H34N6O4. The number of carbonyl (C=O) groups is 2. The van der Waals surface area contributed by atoms with E-state index in [1.54, 1.807) is 9.13 Å². The quantitative estimate of drug-likeness (QED) is 0.206. The van der Waals surface area contributed by atoms with Crippen molar-refractivity contribution < 1.29 is 19.8 Å². The van der Waals surface area contributed by atoms with E-state index in [2.05, 4.69) is 20.5 Å². The zero-order valence-electron chi connectivity index (χ0n) is 22.7. The van der Waals surface area contributed by atoms with Crippen molar-refractivity contribution in [1.82, 2.24) is 9.13 Å². The molecule has 0 saturated carbocycles. The van der Waals surface area contributed by atoms with Gasteiger partial charge in [-0.3, -0.25) is 9.59 Å². The lowest BCUT2D eigenvalue weighted by Gasteiger charge is -2.09. The maximum atomic E-state index is 12.3. The van der Waals surface area contributed by atoms with Gasteiger partial charge < -0.3 is 19.3 Å². The number of amides is 2. The summed E-state index contributed by atoms with van der Waals surface area (Å²) in [5, 5.41) is 38.5. The highest BCUT2D eigenvalue weighted by Gasteiger charge is 2.19. The summed E-state index contributed by atoms with van der Waals surface area (Å²) < 4.78 is 3.53. The number of aromatic hydroxyl groups is 2. The van der Waals surface area contributed by atoms with Crippen LogP contribution in [0.2, 0.25) is 0 Å². The summed E-state index contributed by atoms with van der Waals surface area (Å²) in [6, 6.07) is 14.9. The van der Waals surface area contributed by atoms with Crippen LogP contribution in [0.25, 0.3) is 21.8 Å². The second kappa shape index (κ2) is 12.0. The summed E-state index contributed by atoms with van der Waals surface area (Å²) in [5.41, 5.74) is 2.14. The van der Waals surface area contributed by atoms with Gasteiger partial charge in [-0.05, 0) is 30.4 Å². The average Bonchev–Trinajstić information content (AvgIpc) is 3.31. The predicted molar refractivity (Wildman–Crippen MR) is 150 cm³/mol. The van der Waals surface area contributed by atoms with E-state index in [0.29, 0.717) is 35.7 Å². The van der Waals surface area contributed by atoms with Crippen molar-refractivity contribution in [2.75, 3.05) is 0 Å². The Morgan fingerprint density at radius 1 is 0.692 bits per heavy atom. The molecule has 0 spiro atoms. The Balaban J connectivity index is 1.38. The van der Waals surface area contributed by atoms with Gasteiger partial charge in [0.05, 0.1) is 11.0 Å². The SMILES string of the molecule is CC(C)Cn1c(O)c(N=NC(=O)CCCC(=O)N=Nc2c(O)n(CC(C)C)c3ccccc23)c2ccccc21. The minimum absolute atomic E-state index is 0.00486. The first-order chi connectivity index (χ1) is 18.7. The molecule has 204 valence electrons. The average molecular weight is 531 g/mol. The molecule has 0 aliphatic carbocycles. The van der Waals surface area contributed by atoms with Crippen molar-refractivity contribution in [3.63, 3.8) is 0 Å². The van der Waals surface area contributed by atoms with Crippen molar-refractivity contribution in [1.29, 1.82) is 0 Å². The van der Waals surface area contributed by atoms with Gasteiger partial charge in [0.25, 0.3) is 11.8 Å². The molecule has 0 radical (unpaired) electrons. The van der Waals surface area contributed by atoms with E-state index in [1.807, 2.05) is 76.2 Å². The molecule has 0 unspecified atom stereocenters. The first-order valence-electron chi connectivity index (χ1n) is 13.2. The predicted octanol–water partition coefficient (Wildman–Crippen LogP) is 7.41. The number of carbonyl (C=O) groups excluding carboxylic acids is 2. The monoisotopic (exact) mass is 530 g/mol. The summed E-state index contributed by atoms with van der Waals surface area (Å²) in [6.45, 7) is 9.40. The van der Waals surface area contributed by atoms with Crippen LogP contribution >= 0.6 is 0 Å². The molecule has 2 N–H and O–H groups in total. The van der Waals surface area contributed by atoms with Gasteiger partial charge in [-0.25, -0.2) is 0 Å². The summed E-state index contributed by atoms with van der Waals surface area (Å²) in [5.74, 6) is -0.473. The molecule has 4 rings (SSSR count). The van der Waals surface area contributed by atoms with E-state index in [0.717, 1.165) is 11.0 Å². The third-order valence-corrected chi connectivity index (χ3v) is 6.23. The molecule has 10 nitrogen and oxygen atoms in total. The fourth-order valence-electron chi connectivity index (χ4n) is 4.54. The Morgan fingerprint density at radius 2 is 1.08 bits per heavy atom. The highest BCUT2D eigenvalue weighted by Crippen LogP contribution is 2.40. The van der Waals surface area contributed by atoms with Gasteiger partial charge in [0.15, 0.2) is 11.4 Å². The van der Waals surface area contributed by atoms with Crippen LogP contribution in [-0.2, 0) is 22.7 Å². The highest BCUT2D eigenvalue weighted by molar-refractivity contribution is 5.96. The van der Waals surface area contributed by atoms with Gasteiger partial charge in [0, 0.05) is 36.7 Å². The summed E-state index contributed by atoms with van der Waals surface area (Å²) in [7, 11) is 0. The molecule has 0 atom stereocenters. The Bertz CT molecular complexity index is 1450. The maximum Gasteiger partial charge on any atom is 0.264 e. The van der Waals surface area contributed by atoms with Crippen molar-refractivity contribution in [3.8, 4) is 11.8 Å². The van der Waals surface area contributed by atoms with Crippen LogP contribution in [-0.4, -0.2) is 31.2 Å². The van der Waals surface area contributed by atoms with Gasteiger partial charge in [-0.15, -0.1) is 20.5 Å². The number of nitrogens with zero attached hydrogens (tertiary/aromatic N) is 6. The molecule has 0 aliphatic rings. The van der Waals surface area contributed by atoms with Gasteiger partial charge >= 0.3 is 0 Å². The first-order valence-corrected chi connectivity index (χ1v) is 13.2. The van der Waals surface area contributed by atoms with Crippen LogP contribution in [0.5, 0.6) is 11.8 Å². The highest BCUT2D eigenvalue weighted by atomic mass is 16.3. The van der Waals surface area contributed by atoms with Crippen LogP contribution in [0.15, 0.2) is 69.0 Å². The van der Waals surface area contributed by atoms with Crippen molar-refractivity contribution in [3.05, 3.63) is 48.5 Å². The van der Waals surface area contributed by atoms with Crippen LogP contribution in [0.3, 0.4) is 0 Å². The van der Waals surface area contributed by atoms with Gasteiger partial charge in [0.2, 0.25) is 11.8 Å². The number of para-hydroxylation sites is 2. The Labute approximate surface area is 226 Å². The van der Waals surface area contributed by atoms with Crippen molar-refractivity contribution >= 4 is 45.0 Å². The molecule has 2 aromatic heterocycles. The first kappa shape index (κ1) is 27.7. The number of hydrogen-bond acceptors (Lipinski definition) is 6. The Hall–Kier alpha value is -4.34. The van der Waals surface area contributed by atoms with Crippen LogP contribution in [0, 0.1) is 11.8 Å². The zero-order chi connectivity index (χ0) is 28.1. The smallest absolute Gasteiger partial charge is 0.264 e. The van der Waals surface area contributed by atoms with E-state index in [9.17, 15) is 19.8 Å². The lowest BCUT2D eigenvalue weighted by Crippen LogP contribution is -2.03. The summed E-state index contributed by atoms with van der Waals surface area (Å²) in [6.07, 6.45) is 0.210. The fraction of sp³-hybridized carbons (Fsp3) is 0.379. The number of aromatic nitrogens is 2. The minimum Gasteiger partial charge on any atom is -0.493 e. The summed E-state index contributed by atoms with van der Waals surface area (Å²) in [4.78, 5) is 24.7. The molecular weight excluding hydrogens is 496 g/mol. The number of azo groups is 2. The Morgan fingerprint density at radius 3 is 1.46 bits per heavy atom. The normalized spacial score (nSPS) is 12.3. The number of fused-ring (bicyclic) bond motifs is 2. The Kier molecular flexibility index (Phi) is 8.53. The molecule has 10 heteroatoms. The number of hydrogen-bond donors (Lipinski definition) is 2. The second-order valence-electron chi connectivity index (χ2n) is 10.4. The maximum absolute atomic E-state index is 12.3. The molecule has 0 fully saturated rings. The number of benzene rings is 2. The third kappa shape index (κ3) is 6.22. The molecule has 0 bridgehead atoms. The third-order valence-electron chi connectivity index (χ3n) is 6.23. The second-order valence-corrected chi connectivity index (χ2v) is 10.4. The lowest BCUT2D eigenvalue weighted by atomic mass is 10.2. The molecule has 0 saturated heterocycles. The van der Waals surface area contributed by atoms with E-state index in [1.165, 1.54) is 0 Å². The molecule has 4 aromatic rings. The van der Waals surface area contributed by atoms with Crippen LogP contribution in [0.4, 0.5) is 11.4 Å². The molecule has 2 heterocycles. The zero-order valence-corrected chi connectivity index (χ0v) is 22.7. The molecule has 2 aromatic carbocycles. The van der Waals surface area contributed by atoms with E-state index in [4.69, 9.17) is 0 Å². The van der Waals surface area contributed by atoms with Gasteiger partial charge in [0.1, 0.15) is 0 Å². The number of rotatable bonds is 10. The fourth-order valence-corrected chi connectivity index (χ4v) is 4.54. The van der Waals surface area contributed by atoms with Gasteiger partial charge in [-0.1, -0.05) is 64.1 Å². The molecule has 2 amide bonds. The minimum atomic E-state index is -0.505. The molecule has 0 aliphatic heterocycles.